The molecule has 9 heteroatoms. The third-order valence-corrected chi connectivity index (χ3v) is 5.58. The molecule has 0 unspecified atom stereocenters. The number of hydrogen-bond acceptors (Lipinski definition) is 3. The molecule has 0 atom stereocenters. The number of nitrogens with zero attached hydrogens (tertiary/aromatic N) is 2. The summed E-state index contributed by atoms with van der Waals surface area (Å²) in [5, 5.41) is 3.17. The van der Waals surface area contributed by atoms with Gasteiger partial charge in [-0.25, -0.2) is 4.79 Å². The van der Waals surface area contributed by atoms with Crippen LogP contribution in [0.15, 0.2) is 29.3 Å². The molecule has 2 aliphatic rings. The SMILES string of the molecule is CCOC(=O)N1CCC(NC(N)=NCC2(c3cccc(C(F)(F)F)c3)CC2)CC1. The Balaban J connectivity index is 1.53. The van der Waals surface area contributed by atoms with Gasteiger partial charge in [0.15, 0.2) is 5.96 Å². The molecule has 1 heterocycles. The van der Waals surface area contributed by atoms with Gasteiger partial charge >= 0.3 is 12.3 Å². The third kappa shape index (κ3) is 5.33. The van der Waals surface area contributed by atoms with Crippen LogP contribution in [-0.4, -0.2) is 49.2 Å². The monoisotopic (exact) mass is 412 g/mol. The van der Waals surface area contributed by atoms with Crippen LogP contribution in [0.2, 0.25) is 0 Å². The minimum atomic E-state index is -4.35. The molecular formula is C20H27F3N4O2. The average molecular weight is 412 g/mol. The van der Waals surface area contributed by atoms with Crippen molar-refractivity contribution in [1.82, 2.24) is 10.2 Å². The highest BCUT2D eigenvalue weighted by atomic mass is 19.4. The first kappa shape index (κ1) is 21.3. The molecule has 2 fully saturated rings. The molecule has 1 aliphatic heterocycles. The molecule has 1 amide bonds. The molecule has 1 aromatic carbocycles. The number of carbonyl (C=O) groups is 1. The maximum absolute atomic E-state index is 13.0. The van der Waals surface area contributed by atoms with Crippen LogP contribution in [0.1, 0.15) is 43.7 Å². The molecule has 0 spiro atoms. The summed E-state index contributed by atoms with van der Waals surface area (Å²) in [6, 6.07) is 5.58. The molecule has 0 bridgehead atoms. The van der Waals surface area contributed by atoms with E-state index in [0.717, 1.165) is 31.7 Å². The number of aliphatic imine (C=N–C) groups is 1. The van der Waals surface area contributed by atoms with E-state index in [0.29, 0.717) is 31.8 Å². The zero-order chi connectivity index (χ0) is 21.1. The second-order valence-electron chi connectivity index (χ2n) is 7.66. The summed E-state index contributed by atoms with van der Waals surface area (Å²) >= 11 is 0. The Morgan fingerprint density at radius 3 is 2.62 bits per heavy atom. The lowest BCUT2D eigenvalue weighted by atomic mass is 9.94. The summed E-state index contributed by atoms with van der Waals surface area (Å²) < 4.78 is 43.9. The molecule has 0 radical (unpaired) electrons. The maximum Gasteiger partial charge on any atom is 0.416 e. The van der Waals surface area contributed by atoms with Crippen LogP contribution in [0.4, 0.5) is 18.0 Å². The molecule has 6 nitrogen and oxygen atoms in total. The summed E-state index contributed by atoms with van der Waals surface area (Å²) in [5.41, 5.74) is 5.68. The Labute approximate surface area is 168 Å². The Hall–Kier alpha value is -2.45. The van der Waals surface area contributed by atoms with Crippen LogP contribution in [0, 0.1) is 0 Å². The van der Waals surface area contributed by atoms with Gasteiger partial charge in [0.05, 0.1) is 18.7 Å². The zero-order valence-electron chi connectivity index (χ0n) is 16.5. The standard InChI is InChI=1S/C20H27F3N4O2/c1-2-29-18(28)27-10-6-16(7-11-27)26-17(24)25-13-19(8-9-19)14-4-3-5-15(12-14)20(21,22)23/h3-5,12,16H,2,6-11,13H2,1H3,(H3,24,25,26). The van der Waals surface area contributed by atoms with Crippen molar-refractivity contribution in [1.29, 1.82) is 0 Å². The van der Waals surface area contributed by atoms with Gasteiger partial charge < -0.3 is 20.7 Å². The van der Waals surface area contributed by atoms with E-state index in [1.54, 1.807) is 17.9 Å². The van der Waals surface area contributed by atoms with Gasteiger partial charge in [-0.15, -0.1) is 0 Å². The third-order valence-electron chi connectivity index (χ3n) is 5.58. The number of carbonyl (C=O) groups excluding carboxylic acids is 1. The summed E-state index contributed by atoms with van der Waals surface area (Å²) in [4.78, 5) is 17.8. The van der Waals surface area contributed by atoms with Crippen LogP contribution >= 0.6 is 0 Å². The highest BCUT2D eigenvalue weighted by molar-refractivity contribution is 5.78. The van der Waals surface area contributed by atoms with Crippen molar-refractivity contribution in [3.05, 3.63) is 35.4 Å². The predicted molar refractivity (Wildman–Crippen MR) is 104 cm³/mol. The van der Waals surface area contributed by atoms with E-state index in [4.69, 9.17) is 10.5 Å². The maximum atomic E-state index is 13.0. The lowest BCUT2D eigenvalue weighted by Gasteiger charge is -2.31. The quantitative estimate of drug-likeness (QED) is 0.575. The van der Waals surface area contributed by atoms with Crippen LogP contribution in [0.5, 0.6) is 0 Å². The van der Waals surface area contributed by atoms with Crippen molar-refractivity contribution in [3.8, 4) is 0 Å². The van der Waals surface area contributed by atoms with E-state index in [-0.39, 0.29) is 23.5 Å². The van der Waals surface area contributed by atoms with Crippen molar-refractivity contribution in [2.45, 2.75) is 50.2 Å². The number of rotatable bonds is 5. The van der Waals surface area contributed by atoms with Gasteiger partial charge in [-0.3, -0.25) is 4.99 Å². The number of halogens is 3. The highest BCUT2D eigenvalue weighted by Crippen LogP contribution is 2.49. The number of nitrogens with two attached hydrogens (primary N) is 1. The molecule has 160 valence electrons. The van der Waals surface area contributed by atoms with E-state index >= 15 is 0 Å². The van der Waals surface area contributed by atoms with Gasteiger partial charge in [-0.2, -0.15) is 13.2 Å². The number of piperidine rings is 1. The van der Waals surface area contributed by atoms with Gasteiger partial charge in [0.2, 0.25) is 0 Å². The van der Waals surface area contributed by atoms with Crippen LogP contribution in [0.3, 0.4) is 0 Å². The van der Waals surface area contributed by atoms with Crippen LogP contribution < -0.4 is 11.1 Å². The Bertz CT molecular complexity index is 754. The van der Waals surface area contributed by atoms with Gasteiger partial charge in [0, 0.05) is 24.5 Å². The van der Waals surface area contributed by atoms with Gasteiger partial charge in [-0.05, 0) is 44.2 Å². The number of likely N-dealkylation sites (tertiary alicyclic amines) is 1. The second kappa shape index (κ2) is 8.51. The number of guanidine groups is 1. The normalized spacial score (nSPS) is 19.7. The van der Waals surface area contributed by atoms with E-state index in [1.807, 2.05) is 0 Å². The number of ether oxygens (including phenoxy) is 1. The van der Waals surface area contributed by atoms with Gasteiger partial charge in [0.1, 0.15) is 0 Å². The highest BCUT2D eigenvalue weighted by Gasteiger charge is 2.45. The predicted octanol–water partition coefficient (Wildman–Crippen LogP) is 3.26. The topological polar surface area (TPSA) is 80.0 Å². The van der Waals surface area contributed by atoms with E-state index in [1.165, 1.54) is 12.1 Å². The lowest BCUT2D eigenvalue weighted by Crippen LogP contribution is -2.48. The van der Waals surface area contributed by atoms with E-state index in [2.05, 4.69) is 10.3 Å². The van der Waals surface area contributed by atoms with Crippen molar-refractivity contribution < 1.29 is 22.7 Å². The number of nitrogens with one attached hydrogen (secondary N) is 1. The smallest absolute Gasteiger partial charge is 0.416 e. The summed E-state index contributed by atoms with van der Waals surface area (Å²) in [5.74, 6) is 0.290. The van der Waals surface area contributed by atoms with Crippen molar-refractivity contribution in [3.63, 3.8) is 0 Å². The minimum Gasteiger partial charge on any atom is -0.450 e. The lowest BCUT2D eigenvalue weighted by molar-refractivity contribution is -0.137. The molecule has 3 N–H and O–H groups in total. The minimum absolute atomic E-state index is 0.105. The summed E-state index contributed by atoms with van der Waals surface area (Å²) in [6.45, 7) is 3.64. The number of hydrogen-bond donors (Lipinski definition) is 2. The Kier molecular flexibility index (Phi) is 6.24. The molecule has 3 rings (SSSR count). The van der Waals surface area contributed by atoms with Gasteiger partial charge in [-0.1, -0.05) is 18.2 Å². The first-order valence-corrected chi connectivity index (χ1v) is 9.89. The number of amides is 1. The fourth-order valence-electron chi connectivity index (χ4n) is 3.63. The van der Waals surface area contributed by atoms with E-state index in [9.17, 15) is 18.0 Å². The van der Waals surface area contributed by atoms with Crippen LogP contribution in [0.25, 0.3) is 0 Å². The number of benzene rings is 1. The summed E-state index contributed by atoms with van der Waals surface area (Å²) in [7, 11) is 0. The molecule has 29 heavy (non-hydrogen) atoms. The fourth-order valence-corrected chi connectivity index (χ4v) is 3.63. The Morgan fingerprint density at radius 1 is 1.34 bits per heavy atom. The average Bonchev–Trinajstić information content (AvgIpc) is 3.48. The van der Waals surface area contributed by atoms with Crippen molar-refractivity contribution >= 4 is 12.1 Å². The first-order chi connectivity index (χ1) is 13.7. The first-order valence-electron chi connectivity index (χ1n) is 9.89. The van der Waals surface area contributed by atoms with Crippen molar-refractivity contribution in [2.75, 3.05) is 26.2 Å². The van der Waals surface area contributed by atoms with Crippen LogP contribution in [-0.2, 0) is 16.3 Å². The molecule has 0 aromatic heterocycles. The fraction of sp³-hybridized carbons (Fsp3) is 0.600. The molecule has 1 saturated carbocycles. The van der Waals surface area contributed by atoms with E-state index < -0.39 is 11.7 Å². The zero-order valence-corrected chi connectivity index (χ0v) is 16.5. The molecule has 1 aliphatic carbocycles. The van der Waals surface area contributed by atoms with Crippen molar-refractivity contribution in [2.24, 2.45) is 10.7 Å². The second-order valence-corrected chi connectivity index (χ2v) is 7.66. The number of alkyl halides is 3. The largest absolute Gasteiger partial charge is 0.450 e. The van der Waals surface area contributed by atoms with Gasteiger partial charge in [0.25, 0.3) is 0 Å². The molecule has 1 saturated heterocycles. The summed E-state index contributed by atoms with van der Waals surface area (Å²) in [6.07, 6.45) is -1.61. The Morgan fingerprint density at radius 2 is 2.03 bits per heavy atom. The molecule has 1 aromatic rings. The molecular weight excluding hydrogens is 385 g/mol.